The molecule has 3 N–H and O–H groups in total. The monoisotopic (exact) mass is 432 g/mol. The molecule has 158 valence electrons. The highest BCUT2D eigenvalue weighted by atomic mass is 35.5. The van der Waals surface area contributed by atoms with Crippen molar-refractivity contribution >= 4 is 46.0 Å². The van der Waals surface area contributed by atoms with E-state index in [0.29, 0.717) is 34.4 Å². The molecule has 4 heterocycles. The molecular formula is C19H22ClFN8O. The Morgan fingerprint density at radius 3 is 3.07 bits per heavy atom. The summed E-state index contributed by atoms with van der Waals surface area (Å²) in [4.78, 5) is 25.5. The van der Waals surface area contributed by atoms with Crippen LogP contribution in [0.3, 0.4) is 0 Å². The molecule has 0 unspecified atom stereocenters. The van der Waals surface area contributed by atoms with Gasteiger partial charge in [-0.05, 0) is 19.4 Å². The van der Waals surface area contributed by atoms with Gasteiger partial charge in [-0.1, -0.05) is 18.2 Å². The Morgan fingerprint density at radius 2 is 2.33 bits per heavy atom. The lowest BCUT2D eigenvalue weighted by molar-refractivity contribution is -0.127. The number of nitrogens with zero attached hydrogens (tertiary/aromatic N) is 5. The summed E-state index contributed by atoms with van der Waals surface area (Å²) in [7, 11) is 0. The Labute approximate surface area is 177 Å². The van der Waals surface area contributed by atoms with Crippen LogP contribution in [-0.2, 0) is 11.3 Å². The number of carbonyl (C=O) groups excluding carboxylic acids is 1. The van der Waals surface area contributed by atoms with Gasteiger partial charge in [-0.2, -0.15) is 15.1 Å². The SMILES string of the molecule is C=CC(=O)N1CC[C@H](F)[C@@H](Nc2nc(Nc3cnn(CC)c3)nc3[nH]cc(Cl)c23)C1. The number of nitrogens with one attached hydrogen (secondary N) is 3. The zero-order valence-corrected chi connectivity index (χ0v) is 17.2. The Morgan fingerprint density at radius 1 is 1.50 bits per heavy atom. The number of amides is 1. The largest absolute Gasteiger partial charge is 0.362 e. The van der Waals surface area contributed by atoms with Crippen LogP contribution in [0.1, 0.15) is 13.3 Å². The van der Waals surface area contributed by atoms with E-state index in [-0.39, 0.29) is 18.9 Å². The molecule has 1 amide bonds. The fourth-order valence-electron chi connectivity index (χ4n) is 3.45. The van der Waals surface area contributed by atoms with Gasteiger partial charge < -0.3 is 20.5 Å². The van der Waals surface area contributed by atoms with E-state index < -0.39 is 12.2 Å². The molecule has 0 aliphatic carbocycles. The Bertz CT molecular complexity index is 1080. The molecule has 0 radical (unpaired) electrons. The van der Waals surface area contributed by atoms with Crippen LogP contribution >= 0.6 is 11.6 Å². The van der Waals surface area contributed by atoms with Crippen molar-refractivity contribution in [3.8, 4) is 0 Å². The minimum atomic E-state index is -1.14. The number of alkyl halides is 1. The maximum absolute atomic E-state index is 14.7. The van der Waals surface area contributed by atoms with Gasteiger partial charge in [-0.15, -0.1) is 0 Å². The number of H-pyrrole nitrogens is 1. The summed E-state index contributed by atoms with van der Waals surface area (Å²) in [5, 5.41) is 11.4. The number of likely N-dealkylation sites (tertiary alicyclic amines) is 1. The minimum absolute atomic E-state index is 0.200. The molecule has 30 heavy (non-hydrogen) atoms. The van der Waals surface area contributed by atoms with Crippen LogP contribution < -0.4 is 10.6 Å². The van der Waals surface area contributed by atoms with Gasteiger partial charge in [0.05, 0.1) is 28.3 Å². The van der Waals surface area contributed by atoms with Gasteiger partial charge in [0.1, 0.15) is 17.6 Å². The first-order chi connectivity index (χ1) is 14.5. The molecule has 0 bridgehead atoms. The molecule has 3 aromatic rings. The molecule has 2 atom stereocenters. The Hall–Kier alpha value is -3.14. The molecule has 3 aromatic heterocycles. The maximum Gasteiger partial charge on any atom is 0.246 e. The topological polar surface area (TPSA) is 104 Å². The summed E-state index contributed by atoms with van der Waals surface area (Å²) in [6.45, 7) is 6.78. The molecule has 0 spiro atoms. The number of aromatic amines is 1. The molecule has 1 saturated heterocycles. The predicted molar refractivity (Wildman–Crippen MR) is 114 cm³/mol. The maximum atomic E-state index is 14.7. The normalized spacial score (nSPS) is 19.1. The van der Waals surface area contributed by atoms with Crippen molar-refractivity contribution in [3.05, 3.63) is 36.3 Å². The number of aromatic nitrogens is 5. The van der Waals surface area contributed by atoms with Gasteiger partial charge in [0.2, 0.25) is 11.9 Å². The number of anilines is 3. The van der Waals surface area contributed by atoms with Crippen LogP contribution in [0.2, 0.25) is 5.02 Å². The molecular weight excluding hydrogens is 411 g/mol. The van der Waals surface area contributed by atoms with E-state index in [1.165, 1.54) is 6.08 Å². The number of hydrogen-bond acceptors (Lipinski definition) is 6. The summed E-state index contributed by atoms with van der Waals surface area (Å²) in [6, 6.07) is -0.637. The number of carbonyl (C=O) groups is 1. The first-order valence-electron chi connectivity index (χ1n) is 9.64. The lowest BCUT2D eigenvalue weighted by Crippen LogP contribution is -2.50. The van der Waals surface area contributed by atoms with Gasteiger partial charge in [0.25, 0.3) is 0 Å². The summed E-state index contributed by atoms with van der Waals surface area (Å²) >= 11 is 6.31. The van der Waals surface area contributed by atoms with Crippen molar-refractivity contribution in [2.24, 2.45) is 0 Å². The van der Waals surface area contributed by atoms with Crippen LogP contribution in [0.4, 0.5) is 21.8 Å². The first-order valence-corrected chi connectivity index (χ1v) is 10.0. The van der Waals surface area contributed by atoms with E-state index in [1.807, 2.05) is 13.1 Å². The van der Waals surface area contributed by atoms with E-state index in [1.54, 1.807) is 22.0 Å². The first kappa shape index (κ1) is 20.1. The third kappa shape index (κ3) is 3.95. The van der Waals surface area contributed by atoms with Crippen molar-refractivity contribution in [2.75, 3.05) is 23.7 Å². The van der Waals surface area contributed by atoms with Crippen molar-refractivity contribution in [1.29, 1.82) is 0 Å². The molecule has 0 aromatic carbocycles. The number of halogens is 2. The summed E-state index contributed by atoms with van der Waals surface area (Å²) in [6.07, 6.45) is 5.43. The highest BCUT2D eigenvalue weighted by Crippen LogP contribution is 2.31. The lowest BCUT2D eigenvalue weighted by Gasteiger charge is -2.35. The fraction of sp³-hybridized carbons (Fsp3) is 0.368. The van der Waals surface area contributed by atoms with Crippen molar-refractivity contribution in [1.82, 2.24) is 29.6 Å². The number of rotatable bonds is 6. The summed E-state index contributed by atoms with van der Waals surface area (Å²) in [5.74, 6) is 0.470. The van der Waals surface area contributed by atoms with Crippen LogP contribution in [-0.4, -0.2) is 60.8 Å². The fourth-order valence-corrected chi connectivity index (χ4v) is 3.68. The van der Waals surface area contributed by atoms with Gasteiger partial charge >= 0.3 is 0 Å². The molecule has 1 aliphatic rings. The van der Waals surface area contributed by atoms with Crippen LogP contribution in [0.25, 0.3) is 11.0 Å². The van der Waals surface area contributed by atoms with E-state index >= 15 is 0 Å². The second kappa shape index (κ2) is 8.31. The van der Waals surface area contributed by atoms with Crippen LogP contribution in [0.5, 0.6) is 0 Å². The third-order valence-electron chi connectivity index (χ3n) is 5.03. The Kier molecular flexibility index (Phi) is 5.58. The van der Waals surface area contributed by atoms with E-state index in [4.69, 9.17) is 11.6 Å². The predicted octanol–water partition coefficient (Wildman–Crippen LogP) is 3.11. The quantitative estimate of drug-likeness (QED) is 0.517. The van der Waals surface area contributed by atoms with Gasteiger partial charge in [-0.25, -0.2) is 4.39 Å². The third-order valence-corrected chi connectivity index (χ3v) is 5.33. The smallest absolute Gasteiger partial charge is 0.246 e. The van der Waals surface area contributed by atoms with Gasteiger partial charge in [0, 0.05) is 32.0 Å². The summed E-state index contributed by atoms with van der Waals surface area (Å²) in [5.41, 5.74) is 1.23. The van der Waals surface area contributed by atoms with Crippen molar-refractivity contribution < 1.29 is 9.18 Å². The molecule has 0 saturated carbocycles. The zero-order valence-electron chi connectivity index (χ0n) is 16.4. The van der Waals surface area contributed by atoms with Crippen molar-refractivity contribution in [2.45, 2.75) is 32.1 Å². The lowest BCUT2D eigenvalue weighted by atomic mass is 10.0. The minimum Gasteiger partial charge on any atom is -0.362 e. The Balaban J connectivity index is 1.64. The highest BCUT2D eigenvalue weighted by molar-refractivity contribution is 6.36. The molecule has 11 heteroatoms. The zero-order chi connectivity index (χ0) is 21.3. The number of piperidine rings is 1. The average Bonchev–Trinajstić information content (AvgIpc) is 3.35. The van der Waals surface area contributed by atoms with E-state index in [2.05, 4.69) is 37.3 Å². The molecule has 1 fully saturated rings. The highest BCUT2D eigenvalue weighted by Gasteiger charge is 2.31. The number of hydrogen-bond donors (Lipinski definition) is 3. The molecule has 9 nitrogen and oxygen atoms in total. The summed E-state index contributed by atoms with van der Waals surface area (Å²) < 4.78 is 16.4. The number of aryl methyl sites for hydroxylation is 1. The van der Waals surface area contributed by atoms with Crippen LogP contribution in [0.15, 0.2) is 31.2 Å². The average molecular weight is 433 g/mol. The second-order valence-electron chi connectivity index (χ2n) is 7.01. The standard InChI is InChI=1S/C19H22ClFN8O/c1-3-15(30)28-6-5-13(21)14(10-28)25-18-16-12(20)8-22-17(16)26-19(27-18)24-11-7-23-29(4-2)9-11/h3,7-9,13-14H,1,4-6,10H2,2H3,(H3,22,24,25,26,27)/t13-,14-/m0/s1. The van der Waals surface area contributed by atoms with Gasteiger partial charge in [-0.3, -0.25) is 9.48 Å². The molecule has 1 aliphatic heterocycles. The van der Waals surface area contributed by atoms with E-state index in [9.17, 15) is 9.18 Å². The second-order valence-corrected chi connectivity index (χ2v) is 7.42. The number of fused-ring (bicyclic) bond motifs is 1. The van der Waals surface area contributed by atoms with Crippen molar-refractivity contribution in [3.63, 3.8) is 0 Å². The molecule has 4 rings (SSSR count). The van der Waals surface area contributed by atoms with E-state index in [0.717, 1.165) is 12.2 Å². The van der Waals surface area contributed by atoms with Gasteiger partial charge in [0.15, 0.2) is 0 Å². The van der Waals surface area contributed by atoms with Crippen LogP contribution in [0, 0.1) is 0 Å².